The van der Waals surface area contributed by atoms with E-state index in [0.717, 1.165) is 23.3 Å². The summed E-state index contributed by atoms with van der Waals surface area (Å²) >= 11 is 0. The lowest BCUT2D eigenvalue weighted by Crippen LogP contribution is -2.25. The number of nitrogens with zero attached hydrogens (tertiary/aromatic N) is 2. The van der Waals surface area contributed by atoms with Gasteiger partial charge in [0.25, 0.3) is 11.8 Å². The molecule has 0 radical (unpaired) electrons. The number of hydrogen-bond acceptors (Lipinski definition) is 4. The van der Waals surface area contributed by atoms with Crippen molar-refractivity contribution in [3.8, 4) is 0 Å². The highest BCUT2D eigenvalue weighted by molar-refractivity contribution is 6.04. The number of amides is 2. The molecule has 1 heterocycles. The van der Waals surface area contributed by atoms with Gasteiger partial charge in [-0.15, -0.1) is 0 Å². The average molecular weight is 321 g/mol. The zero-order chi connectivity index (χ0) is 17.0. The van der Waals surface area contributed by atoms with E-state index in [0.29, 0.717) is 0 Å². The molecular weight excluding hydrogens is 308 g/mol. The topological polar surface area (TPSA) is 71.5 Å². The van der Waals surface area contributed by atoms with E-state index in [2.05, 4.69) is 10.3 Å². The monoisotopic (exact) mass is 321 g/mol. The molecule has 2 aromatic rings. The van der Waals surface area contributed by atoms with Crippen molar-refractivity contribution >= 4 is 17.6 Å². The Morgan fingerprint density at radius 3 is 2.35 bits per heavy atom. The van der Waals surface area contributed by atoms with Crippen molar-refractivity contribution in [2.45, 2.75) is 0 Å². The Bertz CT molecular complexity index is 715. The van der Waals surface area contributed by atoms with E-state index in [-0.39, 0.29) is 11.4 Å². The maximum absolute atomic E-state index is 13.5. The van der Waals surface area contributed by atoms with E-state index in [4.69, 9.17) is 4.84 Å². The maximum atomic E-state index is 13.5. The van der Waals surface area contributed by atoms with E-state index in [9.17, 15) is 18.4 Å². The van der Waals surface area contributed by atoms with Crippen LogP contribution in [0.4, 0.5) is 14.6 Å². The summed E-state index contributed by atoms with van der Waals surface area (Å²) in [5, 5.41) is 3.27. The lowest BCUT2D eigenvalue weighted by molar-refractivity contribution is -0.0757. The number of carbonyl (C=O) groups excluding carboxylic acids is 2. The van der Waals surface area contributed by atoms with Crippen LogP contribution in [0.3, 0.4) is 0 Å². The van der Waals surface area contributed by atoms with Gasteiger partial charge in [0, 0.05) is 13.2 Å². The zero-order valence-electron chi connectivity index (χ0n) is 12.3. The average Bonchev–Trinajstić information content (AvgIpc) is 2.54. The van der Waals surface area contributed by atoms with E-state index >= 15 is 0 Å². The Labute approximate surface area is 130 Å². The molecule has 23 heavy (non-hydrogen) atoms. The predicted octanol–water partition coefficient (Wildman–Crippen LogP) is 2.25. The highest BCUT2D eigenvalue weighted by Crippen LogP contribution is 2.14. The van der Waals surface area contributed by atoms with Gasteiger partial charge in [0.05, 0.1) is 12.7 Å². The highest BCUT2D eigenvalue weighted by Gasteiger charge is 2.18. The first-order valence-electron chi connectivity index (χ1n) is 6.47. The minimum atomic E-state index is -0.976. The minimum absolute atomic E-state index is 0.0503. The first-order chi connectivity index (χ1) is 10.9. The molecule has 0 unspecified atom stereocenters. The minimum Gasteiger partial charge on any atom is -0.306 e. The van der Waals surface area contributed by atoms with Crippen molar-refractivity contribution in [3.63, 3.8) is 0 Å². The summed E-state index contributed by atoms with van der Waals surface area (Å²) in [5.74, 6) is -3.31. The van der Waals surface area contributed by atoms with Crippen LogP contribution in [0.25, 0.3) is 0 Å². The second-order valence-electron chi connectivity index (χ2n) is 4.47. The summed E-state index contributed by atoms with van der Waals surface area (Å²) < 4.78 is 27.0. The van der Waals surface area contributed by atoms with E-state index in [1.54, 1.807) is 0 Å². The van der Waals surface area contributed by atoms with Gasteiger partial charge in [0.1, 0.15) is 23.0 Å². The summed E-state index contributed by atoms with van der Waals surface area (Å²) in [4.78, 5) is 32.3. The molecular formula is C15H13F2N3O3. The van der Waals surface area contributed by atoms with Crippen molar-refractivity contribution in [1.82, 2.24) is 10.0 Å². The number of rotatable bonds is 4. The largest absolute Gasteiger partial charge is 0.306 e. The molecule has 0 aliphatic rings. The van der Waals surface area contributed by atoms with Gasteiger partial charge in [-0.25, -0.2) is 18.8 Å². The first kappa shape index (κ1) is 16.5. The van der Waals surface area contributed by atoms with Gasteiger partial charge in [-0.05, 0) is 24.3 Å². The number of aromatic nitrogens is 1. The molecule has 8 heteroatoms. The molecule has 1 aromatic heterocycles. The summed E-state index contributed by atoms with van der Waals surface area (Å²) in [5.41, 5.74) is -0.474. The lowest BCUT2D eigenvalue weighted by atomic mass is 10.2. The van der Waals surface area contributed by atoms with Crippen LogP contribution in [0.1, 0.15) is 20.7 Å². The Morgan fingerprint density at radius 1 is 1.17 bits per heavy atom. The van der Waals surface area contributed by atoms with Gasteiger partial charge in [-0.3, -0.25) is 14.4 Å². The van der Waals surface area contributed by atoms with Crippen molar-refractivity contribution < 1.29 is 23.2 Å². The number of hydroxylamine groups is 2. The Balaban J connectivity index is 2.15. The molecule has 1 N–H and O–H groups in total. The summed E-state index contributed by atoms with van der Waals surface area (Å²) in [6, 6.07) is 5.86. The number of carbonyl (C=O) groups is 2. The van der Waals surface area contributed by atoms with Gasteiger partial charge in [-0.2, -0.15) is 0 Å². The Kier molecular flexibility index (Phi) is 4.97. The van der Waals surface area contributed by atoms with Gasteiger partial charge in [-0.1, -0.05) is 6.07 Å². The van der Waals surface area contributed by atoms with Crippen LogP contribution in [-0.2, 0) is 4.84 Å². The van der Waals surface area contributed by atoms with Crippen LogP contribution in [-0.4, -0.2) is 36.0 Å². The highest BCUT2D eigenvalue weighted by atomic mass is 19.1. The molecule has 0 fully saturated rings. The van der Waals surface area contributed by atoms with Crippen LogP contribution < -0.4 is 5.32 Å². The zero-order valence-corrected chi connectivity index (χ0v) is 12.3. The van der Waals surface area contributed by atoms with Gasteiger partial charge >= 0.3 is 0 Å². The molecule has 0 spiro atoms. The molecule has 0 saturated carbocycles. The molecule has 120 valence electrons. The van der Waals surface area contributed by atoms with Crippen molar-refractivity contribution in [2.75, 3.05) is 19.5 Å². The predicted molar refractivity (Wildman–Crippen MR) is 77.7 cm³/mol. The summed E-state index contributed by atoms with van der Waals surface area (Å²) in [6.45, 7) is 0. The molecule has 0 bridgehead atoms. The van der Waals surface area contributed by atoms with Crippen molar-refractivity contribution in [1.29, 1.82) is 0 Å². The number of halogens is 2. The molecule has 1 aromatic carbocycles. The van der Waals surface area contributed by atoms with Gasteiger partial charge < -0.3 is 5.32 Å². The molecule has 6 nitrogen and oxygen atoms in total. The molecule has 0 aliphatic carbocycles. The lowest BCUT2D eigenvalue weighted by Gasteiger charge is -2.13. The van der Waals surface area contributed by atoms with Crippen molar-refractivity contribution in [3.05, 3.63) is 59.3 Å². The maximum Gasteiger partial charge on any atom is 0.278 e. The number of hydrogen-bond donors (Lipinski definition) is 1. The second kappa shape index (κ2) is 6.93. The SMILES string of the molecule is CON(C)C(=O)c1ccc(NC(=O)c2c(F)cccc2F)nc1. The summed E-state index contributed by atoms with van der Waals surface area (Å²) in [6.07, 6.45) is 1.21. The number of benzene rings is 1. The molecule has 0 atom stereocenters. The smallest absolute Gasteiger partial charge is 0.278 e. The van der Waals surface area contributed by atoms with Gasteiger partial charge in [0.2, 0.25) is 0 Å². The third-order valence-electron chi connectivity index (χ3n) is 3.00. The van der Waals surface area contributed by atoms with E-state index in [1.165, 1.54) is 32.5 Å². The molecule has 0 aliphatic heterocycles. The van der Waals surface area contributed by atoms with Crippen LogP contribution in [0.5, 0.6) is 0 Å². The van der Waals surface area contributed by atoms with Gasteiger partial charge in [0.15, 0.2) is 0 Å². The Morgan fingerprint density at radius 2 is 1.83 bits per heavy atom. The fraction of sp³-hybridized carbons (Fsp3) is 0.133. The van der Waals surface area contributed by atoms with Crippen LogP contribution in [0, 0.1) is 11.6 Å². The summed E-state index contributed by atoms with van der Waals surface area (Å²) in [7, 11) is 2.77. The molecule has 2 rings (SSSR count). The second-order valence-corrected chi connectivity index (χ2v) is 4.47. The van der Waals surface area contributed by atoms with Crippen LogP contribution >= 0.6 is 0 Å². The Hall–Kier alpha value is -2.87. The quantitative estimate of drug-likeness (QED) is 0.877. The third kappa shape index (κ3) is 3.67. The number of anilines is 1. The standard InChI is InChI=1S/C15H13F2N3O3/c1-20(23-2)15(22)9-6-7-12(18-8-9)19-14(21)13-10(16)4-3-5-11(13)17/h3-8H,1-2H3,(H,18,19,21). The van der Waals surface area contributed by atoms with Crippen molar-refractivity contribution in [2.24, 2.45) is 0 Å². The van der Waals surface area contributed by atoms with E-state index in [1.807, 2.05) is 0 Å². The van der Waals surface area contributed by atoms with Crippen LogP contribution in [0.15, 0.2) is 36.5 Å². The first-order valence-corrected chi connectivity index (χ1v) is 6.47. The third-order valence-corrected chi connectivity index (χ3v) is 3.00. The molecule has 2 amide bonds. The molecule has 0 saturated heterocycles. The van der Waals surface area contributed by atoms with Crippen LogP contribution in [0.2, 0.25) is 0 Å². The fourth-order valence-electron chi connectivity index (χ4n) is 1.75. The number of pyridine rings is 1. The fourth-order valence-corrected chi connectivity index (χ4v) is 1.75. The normalized spacial score (nSPS) is 10.3. The van der Waals surface area contributed by atoms with E-state index < -0.39 is 29.0 Å². The number of nitrogens with one attached hydrogen (secondary N) is 1.